The first-order chi connectivity index (χ1) is 20.0. The number of amides is 4. The van der Waals surface area contributed by atoms with Crippen LogP contribution >= 0.6 is 0 Å². The van der Waals surface area contributed by atoms with Crippen molar-refractivity contribution in [2.45, 2.75) is 103 Å². The third-order valence-corrected chi connectivity index (χ3v) is 10.1. The molecule has 4 saturated carbocycles. The van der Waals surface area contributed by atoms with Crippen molar-refractivity contribution in [3.05, 3.63) is 29.6 Å². The Morgan fingerprint density at radius 1 is 1.05 bits per heavy atom. The molecule has 4 aliphatic carbocycles. The molecule has 42 heavy (non-hydrogen) atoms. The first-order valence-electron chi connectivity index (χ1n) is 15.8. The van der Waals surface area contributed by atoms with Crippen LogP contribution in [0.1, 0.15) is 96.5 Å². The van der Waals surface area contributed by atoms with Gasteiger partial charge in [0.25, 0.3) is 0 Å². The first-order valence-corrected chi connectivity index (χ1v) is 15.8. The highest BCUT2D eigenvalue weighted by Crippen LogP contribution is 2.66. The number of hydrogen-bond acceptors (Lipinski definition) is 5. The maximum atomic E-state index is 15.1. The summed E-state index contributed by atoms with van der Waals surface area (Å²) in [5.41, 5.74) is 2.99. The lowest BCUT2D eigenvalue weighted by Gasteiger charge is -2.65. The lowest BCUT2D eigenvalue weighted by Crippen LogP contribution is -2.65. The molecule has 6 rings (SSSR count). The molecule has 2 unspecified atom stereocenters. The third-order valence-electron chi connectivity index (χ3n) is 10.1. The van der Waals surface area contributed by atoms with Gasteiger partial charge in [0.15, 0.2) is 0 Å². The summed E-state index contributed by atoms with van der Waals surface area (Å²) in [4.78, 5) is 39.0. The zero-order valence-corrected chi connectivity index (χ0v) is 25.2. The van der Waals surface area contributed by atoms with E-state index in [-0.39, 0.29) is 46.3 Å². The molecule has 4 amide bonds. The van der Waals surface area contributed by atoms with E-state index >= 15 is 4.39 Å². The quantitative estimate of drug-likeness (QED) is 0.141. The number of benzene rings is 1. The number of hydroxylamine groups is 1. The average Bonchev–Trinajstić information content (AvgIpc) is 2.89. The van der Waals surface area contributed by atoms with Crippen LogP contribution in [-0.4, -0.2) is 53.1 Å². The number of piperidine rings is 1. The number of nitrogens with one attached hydrogen (secondary N) is 4. The molecule has 5 atom stereocenters. The largest absolute Gasteiger partial charge is 0.356 e. The van der Waals surface area contributed by atoms with Crippen LogP contribution in [0.3, 0.4) is 0 Å². The summed E-state index contributed by atoms with van der Waals surface area (Å²) < 4.78 is 15.1. The molecule has 0 aromatic heterocycles. The van der Waals surface area contributed by atoms with Gasteiger partial charge in [-0.05, 0) is 105 Å². The monoisotopic (exact) mass is 585 g/mol. The Balaban J connectivity index is 1.07. The predicted octanol–water partition coefficient (Wildman–Crippen LogP) is 5.09. The smallest absolute Gasteiger partial charge is 0.319 e. The van der Waals surface area contributed by atoms with Gasteiger partial charge in [-0.2, -0.15) is 0 Å². The van der Waals surface area contributed by atoms with Gasteiger partial charge in [0.1, 0.15) is 5.82 Å². The van der Waals surface area contributed by atoms with Crippen molar-refractivity contribution in [3.63, 3.8) is 0 Å². The number of halogens is 1. The predicted molar refractivity (Wildman–Crippen MR) is 158 cm³/mol. The fourth-order valence-corrected chi connectivity index (χ4v) is 9.41. The molecule has 1 aliphatic heterocycles. The highest BCUT2D eigenvalue weighted by Gasteiger charge is 2.60. The van der Waals surface area contributed by atoms with E-state index in [0.717, 1.165) is 57.1 Å². The molecular weight excluding hydrogens is 537 g/mol. The van der Waals surface area contributed by atoms with Crippen LogP contribution in [0.15, 0.2) is 18.2 Å². The Labute approximate surface area is 248 Å². The number of urea groups is 1. The number of hydrogen-bond donors (Lipinski definition) is 5. The molecule has 9 nitrogen and oxygen atoms in total. The molecule has 5 aliphatic rings. The van der Waals surface area contributed by atoms with Gasteiger partial charge >= 0.3 is 6.03 Å². The van der Waals surface area contributed by atoms with Gasteiger partial charge in [-0.25, -0.2) is 14.7 Å². The van der Waals surface area contributed by atoms with E-state index in [2.05, 4.69) is 34.7 Å². The fraction of sp³-hybridized carbons (Fsp3) is 0.719. The molecule has 5 N–H and O–H groups in total. The van der Waals surface area contributed by atoms with Crippen molar-refractivity contribution in [2.24, 2.45) is 22.7 Å². The summed E-state index contributed by atoms with van der Waals surface area (Å²) in [5.74, 6) is -0.259. The van der Waals surface area contributed by atoms with E-state index in [1.807, 2.05) is 6.07 Å². The van der Waals surface area contributed by atoms with Gasteiger partial charge in [-0.3, -0.25) is 19.7 Å². The number of unbranched alkanes of at least 4 members (excludes halogenated alkanes) is 2. The highest BCUT2D eigenvalue weighted by molar-refractivity contribution is 5.90. The number of carbonyl (C=O) groups is 3. The van der Waals surface area contributed by atoms with Crippen LogP contribution in [0.4, 0.5) is 14.9 Å². The number of likely N-dealkylation sites (tertiary alicyclic amines) is 1. The van der Waals surface area contributed by atoms with Crippen LogP contribution in [0.25, 0.3) is 0 Å². The summed E-state index contributed by atoms with van der Waals surface area (Å²) in [5, 5.41) is 17.6. The van der Waals surface area contributed by atoms with Crippen molar-refractivity contribution in [3.8, 4) is 0 Å². The minimum Gasteiger partial charge on any atom is -0.356 e. The Kier molecular flexibility index (Phi) is 9.13. The first kappa shape index (κ1) is 30.7. The van der Waals surface area contributed by atoms with E-state index in [9.17, 15) is 14.4 Å². The SMILES string of the molecule is C[C@]12CC3CC(NC(=O)Nc4ccc(CN5CCC[C@H](C(=O)NCCCCCC(=O)NO)C5)cc4F)(C1)C[C@@](C)(C3)C2. The molecule has 0 spiro atoms. The van der Waals surface area contributed by atoms with Crippen molar-refractivity contribution in [2.75, 3.05) is 25.0 Å². The molecule has 1 saturated heterocycles. The van der Waals surface area contributed by atoms with Crippen LogP contribution in [0, 0.1) is 28.5 Å². The number of nitrogens with zero attached hydrogens (tertiary/aromatic N) is 1. The summed E-state index contributed by atoms with van der Waals surface area (Å²) in [7, 11) is 0. The van der Waals surface area contributed by atoms with E-state index in [1.165, 1.54) is 25.3 Å². The van der Waals surface area contributed by atoms with E-state index < -0.39 is 11.7 Å². The Morgan fingerprint density at radius 3 is 2.50 bits per heavy atom. The molecule has 1 heterocycles. The van der Waals surface area contributed by atoms with Crippen LogP contribution in [-0.2, 0) is 16.1 Å². The van der Waals surface area contributed by atoms with E-state index in [1.54, 1.807) is 11.5 Å². The van der Waals surface area contributed by atoms with Gasteiger partial charge in [0, 0.05) is 31.6 Å². The maximum absolute atomic E-state index is 15.1. The topological polar surface area (TPSA) is 123 Å². The third kappa shape index (κ3) is 7.43. The van der Waals surface area contributed by atoms with Crippen molar-refractivity contribution in [1.29, 1.82) is 0 Å². The minimum atomic E-state index is -0.449. The Hall–Kier alpha value is -2.72. The fourth-order valence-electron chi connectivity index (χ4n) is 9.41. The van der Waals surface area contributed by atoms with Gasteiger partial charge in [-0.15, -0.1) is 0 Å². The van der Waals surface area contributed by atoms with Crippen molar-refractivity contribution in [1.82, 2.24) is 21.0 Å². The molecule has 10 heteroatoms. The van der Waals surface area contributed by atoms with Gasteiger partial charge < -0.3 is 16.0 Å². The van der Waals surface area contributed by atoms with Crippen molar-refractivity contribution < 1.29 is 24.0 Å². The molecule has 4 bridgehead atoms. The second kappa shape index (κ2) is 12.5. The molecule has 232 valence electrons. The number of carbonyl (C=O) groups excluding carboxylic acids is 3. The highest BCUT2D eigenvalue weighted by atomic mass is 19.1. The second-order valence-corrected chi connectivity index (χ2v) is 14.5. The molecular formula is C32H48FN5O4. The molecule has 0 radical (unpaired) electrons. The summed E-state index contributed by atoms with van der Waals surface area (Å²) in [6, 6.07) is 4.66. The van der Waals surface area contributed by atoms with Gasteiger partial charge in [-0.1, -0.05) is 26.3 Å². The standard InChI is InChI=1S/C32H48FN5O4/c1-30-14-23-15-31(2,19-30)21-32(16-23,20-30)36-29(41)35-26-10-9-22(13-25(26)33)17-38-12-6-7-24(18-38)28(40)34-11-5-3-4-8-27(39)37-42/h9-10,13,23-24,42H,3-8,11-12,14-21H2,1-2H3,(H,34,40)(H,37,39)(H2,35,36,41)/t23?,24-,30-,31+,32?/m0/s1. The van der Waals surface area contributed by atoms with Crippen LogP contribution in [0.2, 0.25) is 0 Å². The summed E-state index contributed by atoms with van der Waals surface area (Å²) in [6.45, 7) is 7.31. The van der Waals surface area contributed by atoms with Crippen LogP contribution in [0.5, 0.6) is 0 Å². The molecule has 5 fully saturated rings. The zero-order valence-electron chi connectivity index (χ0n) is 25.2. The Morgan fingerprint density at radius 2 is 1.81 bits per heavy atom. The van der Waals surface area contributed by atoms with E-state index in [4.69, 9.17) is 5.21 Å². The van der Waals surface area contributed by atoms with E-state index in [0.29, 0.717) is 32.0 Å². The van der Waals surface area contributed by atoms with Gasteiger partial charge in [0.05, 0.1) is 11.6 Å². The lowest BCUT2D eigenvalue weighted by molar-refractivity contribution is -0.129. The van der Waals surface area contributed by atoms with Crippen LogP contribution < -0.4 is 21.4 Å². The zero-order chi connectivity index (χ0) is 30.0. The normalized spacial score (nSPS) is 31.9. The molecule has 1 aromatic carbocycles. The minimum absolute atomic E-state index is 0.0338. The van der Waals surface area contributed by atoms with Crippen molar-refractivity contribution >= 4 is 23.5 Å². The summed E-state index contributed by atoms with van der Waals surface area (Å²) >= 11 is 0. The molecule has 1 aromatic rings. The number of rotatable bonds is 11. The second-order valence-electron chi connectivity index (χ2n) is 14.5. The van der Waals surface area contributed by atoms with Gasteiger partial charge in [0.2, 0.25) is 11.8 Å². The summed E-state index contributed by atoms with van der Waals surface area (Å²) in [6.07, 6.45) is 11.0. The lowest BCUT2D eigenvalue weighted by atomic mass is 9.43. The maximum Gasteiger partial charge on any atom is 0.319 e. The number of anilines is 1. The Bertz CT molecular complexity index is 1160. The average molecular weight is 586 g/mol.